The lowest BCUT2D eigenvalue weighted by Crippen LogP contribution is -2.36. The van der Waals surface area contributed by atoms with E-state index in [2.05, 4.69) is 5.16 Å². The Balaban J connectivity index is 1.56. The SMILES string of the molecule is COCCn1c(C2CCCN2C(=O)c2noc3c2CCCC3)nc2ccccc2c1=O. The number of methoxy groups -OCH3 is 1. The quantitative estimate of drug-likeness (QED) is 0.628. The Morgan fingerprint density at radius 3 is 2.94 bits per heavy atom. The summed E-state index contributed by atoms with van der Waals surface area (Å²) in [7, 11) is 1.61. The van der Waals surface area contributed by atoms with Gasteiger partial charge in [-0.2, -0.15) is 0 Å². The van der Waals surface area contributed by atoms with E-state index in [0.29, 0.717) is 42.1 Å². The van der Waals surface area contributed by atoms with Crippen molar-refractivity contribution in [2.75, 3.05) is 20.3 Å². The van der Waals surface area contributed by atoms with Crippen LogP contribution in [-0.4, -0.2) is 45.8 Å². The lowest BCUT2D eigenvalue weighted by atomic mass is 9.96. The average Bonchev–Trinajstić information content (AvgIpc) is 3.45. The van der Waals surface area contributed by atoms with Crippen molar-refractivity contribution in [3.63, 3.8) is 0 Å². The fourth-order valence-electron chi connectivity index (χ4n) is 4.81. The van der Waals surface area contributed by atoms with Gasteiger partial charge in [-0.15, -0.1) is 0 Å². The number of likely N-dealkylation sites (tertiary alicyclic amines) is 1. The highest BCUT2D eigenvalue weighted by Crippen LogP contribution is 2.34. The van der Waals surface area contributed by atoms with Gasteiger partial charge in [0.25, 0.3) is 11.5 Å². The van der Waals surface area contributed by atoms with Crippen LogP contribution < -0.4 is 5.56 Å². The van der Waals surface area contributed by atoms with Crippen LogP contribution in [-0.2, 0) is 24.1 Å². The van der Waals surface area contributed by atoms with E-state index < -0.39 is 0 Å². The number of aromatic nitrogens is 3. The summed E-state index contributed by atoms with van der Waals surface area (Å²) in [6.45, 7) is 1.39. The molecule has 0 saturated carbocycles. The fourth-order valence-corrected chi connectivity index (χ4v) is 4.81. The molecule has 162 valence electrons. The number of carbonyl (C=O) groups is 1. The first kappa shape index (κ1) is 19.9. The molecule has 2 aromatic heterocycles. The number of hydrogen-bond acceptors (Lipinski definition) is 6. The zero-order valence-electron chi connectivity index (χ0n) is 17.7. The molecule has 1 amide bonds. The van der Waals surface area contributed by atoms with Crippen LogP contribution in [0.1, 0.15) is 59.4 Å². The molecule has 3 aromatic rings. The van der Waals surface area contributed by atoms with Crippen molar-refractivity contribution in [1.29, 1.82) is 0 Å². The Kier molecular flexibility index (Phi) is 5.31. The van der Waals surface area contributed by atoms with E-state index in [1.165, 1.54) is 0 Å². The minimum atomic E-state index is -0.280. The van der Waals surface area contributed by atoms with Gasteiger partial charge in [0.2, 0.25) is 0 Å². The smallest absolute Gasteiger partial charge is 0.276 e. The van der Waals surface area contributed by atoms with Crippen molar-refractivity contribution in [2.45, 2.75) is 51.1 Å². The Bertz CT molecular complexity index is 1180. The second kappa shape index (κ2) is 8.26. The van der Waals surface area contributed by atoms with Crippen LogP contribution in [0.15, 0.2) is 33.6 Å². The predicted molar refractivity (Wildman–Crippen MR) is 114 cm³/mol. The van der Waals surface area contributed by atoms with Gasteiger partial charge in [0.1, 0.15) is 11.6 Å². The van der Waals surface area contributed by atoms with Gasteiger partial charge in [-0.3, -0.25) is 14.2 Å². The molecule has 1 aliphatic carbocycles. The number of ether oxygens (including phenoxy) is 1. The largest absolute Gasteiger partial charge is 0.383 e. The molecule has 1 fully saturated rings. The van der Waals surface area contributed by atoms with Crippen LogP contribution in [0.25, 0.3) is 10.9 Å². The van der Waals surface area contributed by atoms with Gasteiger partial charge in [0.05, 0.1) is 30.1 Å². The third kappa shape index (κ3) is 3.44. The molecule has 0 radical (unpaired) electrons. The van der Waals surface area contributed by atoms with Crippen LogP contribution in [0.4, 0.5) is 0 Å². The van der Waals surface area contributed by atoms with Crippen LogP contribution >= 0.6 is 0 Å². The lowest BCUT2D eigenvalue weighted by molar-refractivity contribution is 0.0713. The van der Waals surface area contributed by atoms with Gasteiger partial charge in [0.15, 0.2) is 5.69 Å². The first-order chi connectivity index (χ1) is 15.2. The maximum Gasteiger partial charge on any atom is 0.276 e. The van der Waals surface area contributed by atoms with E-state index >= 15 is 0 Å². The summed E-state index contributed by atoms with van der Waals surface area (Å²) in [6, 6.07) is 7.06. The molecule has 0 N–H and O–H groups in total. The minimum Gasteiger partial charge on any atom is -0.383 e. The number of para-hydroxylation sites is 1. The Morgan fingerprint density at radius 1 is 1.23 bits per heavy atom. The summed E-state index contributed by atoms with van der Waals surface area (Å²) >= 11 is 0. The highest BCUT2D eigenvalue weighted by atomic mass is 16.5. The molecular formula is C23H26N4O4. The molecule has 8 heteroatoms. The molecule has 2 aliphatic rings. The third-order valence-corrected chi connectivity index (χ3v) is 6.37. The molecule has 1 saturated heterocycles. The standard InChI is InChI=1S/C23H26N4O4/c1-30-14-13-27-21(24-17-9-4-2-7-15(17)22(27)28)18-10-6-12-26(18)23(29)20-16-8-3-5-11-19(16)31-25-20/h2,4,7,9,18H,3,5-6,8,10-14H2,1H3. The van der Waals surface area contributed by atoms with Gasteiger partial charge in [-0.05, 0) is 44.2 Å². The summed E-state index contributed by atoms with van der Waals surface area (Å²) in [4.78, 5) is 33.4. The van der Waals surface area contributed by atoms with E-state index in [0.717, 1.165) is 49.8 Å². The van der Waals surface area contributed by atoms with Crippen molar-refractivity contribution in [3.05, 3.63) is 57.5 Å². The lowest BCUT2D eigenvalue weighted by Gasteiger charge is -2.26. The van der Waals surface area contributed by atoms with Crippen LogP contribution in [0.3, 0.4) is 0 Å². The summed E-state index contributed by atoms with van der Waals surface area (Å²) < 4.78 is 12.4. The molecule has 0 bridgehead atoms. The molecule has 1 aliphatic heterocycles. The number of hydrogen-bond donors (Lipinski definition) is 0. The average molecular weight is 422 g/mol. The fraction of sp³-hybridized carbons (Fsp3) is 0.478. The zero-order valence-corrected chi connectivity index (χ0v) is 17.7. The number of amides is 1. The summed E-state index contributed by atoms with van der Waals surface area (Å²) in [5.41, 5.74) is 1.92. The number of aryl methyl sites for hydroxylation is 1. The van der Waals surface area contributed by atoms with Gasteiger partial charge in [-0.25, -0.2) is 4.98 Å². The van der Waals surface area contributed by atoms with Crippen LogP contribution in [0.5, 0.6) is 0 Å². The number of benzene rings is 1. The summed E-state index contributed by atoms with van der Waals surface area (Å²) in [6.07, 6.45) is 5.37. The Labute approximate surface area is 179 Å². The normalized spacial score (nSPS) is 18.5. The first-order valence-corrected chi connectivity index (χ1v) is 11.0. The van der Waals surface area contributed by atoms with Crippen molar-refractivity contribution in [2.24, 2.45) is 0 Å². The number of rotatable bonds is 5. The van der Waals surface area contributed by atoms with Crippen molar-refractivity contribution >= 4 is 16.8 Å². The zero-order chi connectivity index (χ0) is 21.4. The summed E-state index contributed by atoms with van der Waals surface area (Å²) in [5, 5.41) is 4.71. The summed E-state index contributed by atoms with van der Waals surface area (Å²) in [5.74, 6) is 1.32. The number of nitrogens with zero attached hydrogens (tertiary/aromatic N) is 4. The van der Waals surface area contributed by atoms with Gasteiger partial charge >= 0.3 is 0 Å². The molecule has 1 atom stereocenters. The first-order valence-electron chi connectivity index (χ1n) is 11.0. The second-order valence-electron chi connectivity index (χ2n) is 8.23. The van der Waals surface area contributed by atoms with Gasteiger partial charge in [-0.1, -0.05) is 17.3 Å². The van der Waals surface area contributed by atoms with Gasteiger partial charge < -0.3 is 14.2 Å². The Hall–Kier alpha value is -3.00. The Morgan fingerprint density at radius 2 is 2.06 bits per heavy atom. The van der Waals surface area contributed by atoms with E-state index in [1.54, 1.807) is 17.7 Å². The monoisotopic (exact) mass is 422 g/mol. The molecule has 8 nitrogen and oxygen atoms in total. The second-order valence-corrected chi connectivity index (χ2v) is 8.23. The molecule has 31 heavy (non-hydrogen) atoms. The predicted octanol–water partition coefficient (Wildman–Crippen LogP) is 2.89. The van der Waals surface area contributed by atoms with E-state index in [1.807, 2.05) is 23.1 Å². The molecule has 1 aromatic carbocycles. The number of carbonyl (C=O) groups excluding carboxylic acids is 1. The highest BCUT2D eigenvalue weighted by Gasteiger charge is 2.37. The van der Waals surface area contributed by atoms with E-state index in [4.69, 9.17) is 14.2 Å². The molecule has 1 unspecified atom stereocenters. The van der Waals surface area contributed by atoms with Crippen LogP contribution in [0, 0.1) is 0 Å². The topological polar surface area (TPSA) is 90.5 Å². The minimum absolute atomic E-state index is 0.101. The van der Waals surface area contributed by atoms with Gasteiger partial charge in [0, 0.05) is 25.6 Å². The molecule has 3 heterocycles. The third-order valence-electron chi connectivity index (χ3n) is 6.37. The van der Waals surface area contributed by atoms with Crippen LogP contribution in [0.2, 0.25) is 0 Å². The van der Waals surface area contributed by atoms with E-state index in [-0.39, 0.29) is 17.5 Å². The maximum atomic E-state index is 13.5. The van der Waals surface area contributed by atoms with Crippen molar-refractivity contribution in [1.82, 2.24) is 19.6 Å². The molecule has 5 rings (SSSR count). The van der Waals surface area contributed by atoms with Crippen molar-refractivity contribution < 1.29 is 14.1 Å². The highest BCUT2D eigenvalue weighted by molar-refractivity contribution is 5.94. The number of fused-ring (bicyclic) bond motifs is 2. The van der Waals surface area contributed by atoms with E-state index in [9.17, 15) is 9.59 Å². The molecule has 0 spiro atoms. The maximum absolute atomic E-state index is 13.5. The van der Waals surface area contributed by atoms with Crippen molar-refractivity contribution in [3.8, 4) is 0 Å². The molecular weight excluding hydrogens is 396 g/mol.